The molecule has 124 valence electrons. The highest BCUT2D eigenvalue weighted by Gasteiger charge is 2.22. The molecule has 0 saturated carbocycles. The fraction of sp³-hybridized carbons (Fsp3) is 0.176. The van der Waals surface area contributed by atoms with Crippen molar-refractivity contribution >= 4 is 17.2 Å². The van der Waals surface area contributed by atoms with Gasteiger partial charge in [0.2, 0.25) is 11.8 Å². The smallest absolute Gasteiger partial charge is 0.331 e. The predicted octanol–water partition coefficient (Wildman–Crippen LogP) is 1.93. The zero-order valence-electron chi connectivity index (χ0n) is 12.8. The number of rotatable bonds is 6. The number of nitrogens with zero attached hydrogens (tertiary/aromatic N) is 2. The van der Waals surface area contributed by atoms with Crippen molar-refractivity contribution in [1.82, 2.24) is 9.13 Å². The number of carbonyl (C=O) groups is 1. The number of benzene rings is 1. The molecule has 0 saturated heterocycles. The highest BCUT2D eigenvalue weighted by atomic mass is 32.1. The molecular formula is C17H17N3O3S. The third-order valence-electron chi connectivity index (χ3n) is 3.77. The molecule has 6 nitrogen and oxygen atoms in total. The molecule has 1 amide bonds. The van der Waals surface area contributed by atoms with Gasteiger partial charge in [-0.15, -0.1) is 11.3 Å². The van der Waals surface area contributed by atoms with Gasteiger partial charge in [0.1, 0.15) is 0 Å². The first-order valence-corrected chi connectivity index (χ1v) is 8.30. The van der Waals surface area contributed by atoms with Crippen LogP contribution in [0.4, 0.5) is 0 Å². The predicted molar refractivity (Wildman–Crippen MR) is 92.2 cm³/mol. The van der Waals surface area contributed by atoms with E-state index in [1.807, 2.05) is 47.8 Å². The maximum atomic E-state index is 12.7. The van der Waals surface area contributed by atoms with E-state index < -0.39 is 11.9 Å². The van der Waals surface area contributed by atoms with Crippen LogP contribution in [0.15, 0.2) is 58.8 Å². The lowest BCUT2D eigenvalue weighted by molar-refractivity contribution is -0.118. The summed E-state index contributed by atoms with van der Waals surface area (Å²) in [6.07, 6.45) is 1.35. The minimum absolute atomic E-state index is 0.00475. The van der Waals surface area contributed by atoms with Crippen molar-refractivity contribution in [3.05, 3.63) is 75.0 Å². The van der Waals surface area contributed by atoms with Crippen LogP contribution in [0, 0.1) is 0 Å². The molecule has 3 rings (SSSR count). The Kier molecular flexibility index (Phi) is 4.52. The van der Waals surface area contributed by atoms with E-state index in [0.717, 1.165) is 10.4 Å². The summed E-state index contributed by atoms with van der Waals surface area (Å²) in [5.74, 6) is -0.648. The topological polar surface area (TPSA) is 90.2 Å². The molecule has 3 aromatic rings. The molecule has 24 heavy (non-hydrogen) atoms. The van der Waals surface area contributed by atoms with Crippen molar-refractivity contribution in [2.45, 2.75) is 19.0 Å². The molecule has 0 fully saturated rings. The Morgan fingerprint density at radius 2 is 1.96 bits per heavy atom. The minimum Gasteiger partial charge on any atom is -0.493 e. The number of amides is 1. The standard InChI is InChI=1S/C17H17N3O3S/c18-15(21)9-13(14-7-4-8-24-14)19-11-16(22)20(17(19)23)10-12-5-2-1-3-6-12/h1-8,11,13,22H,9-10H2,(H2,18,21). The summed E-state index contributed by atoms with van der Waals surface area (Å²) >= 11 is 1.44. The number of hydrogen-bond donors (Lipinski definition) is 2. The third-order valence-corrected chi connectivity index (χ3v) is 4.74. The largest absolute Gasteiger partial charge is 0.493 e. The van der Waals surface area contributed by atoms with Crippen LogP contribution in [0.3, 0.4) is 0 Å². The molecule has 0 spiro atoms. The van der Waals surface area contributed by atoms with Crippen LogP contribution in [0.2, 0.25) is 0 Å². The summed E-state index contributed by atoms with van der Waals surface area (Å²) in [7, 11) is 0. The van der Waals surface area contributed by atoms with E-state index in [1.165, 1.54) is 26.7 Å². The normalized spacial score (nSPS) is 12.2. The summed E-state index contributed by atoms with van der Waals surface area (Å²) in [4.78, 5) is 25.0. The fourth-order valence-corrected chi connectivity index (χ4v) is 3.46. The Balaban J connectivity index is 2.00. The second-order valence-electron chi connectivity index (χ2n) is 5.45. The van der Waals surface area contributed by atoms with Crippen LogP contribution < -0.4 is 11.4 Å². The lowest BCUT2D eigenvalue weighted by atomic mass is 10.1. The van der Waals surface area contributed by atoms with Gasteiger partial charge < -0.3 is 10.8 Å². The number of aromatic nitrogens is 2. The van der Waals surface area contributed by atoms with Gasteiger partial charge in [-0.05, 0) is 17.0 Å². The molecule has 3 N–H and O–H groups in total. The maximum absolute atomic E-state index is 12.7. The van der Waals surface area contributed by atoms with Crippen molar-refractivity contribution in [1.29, 1.82) is 0 Å². The van der Waals surface area contributed by atoms with Gasteiger partial charge in [-0.1, -0.05) is 36.4 Å². The van der Waals surface area contributed by atoms with Gasteiger partial charge in [0.15, 0.2) is 0 Å². The maximum Gasteiger partial charge on any atom is 0.331 e. The van der Waals surface area contributed by atoms with Gasteiger partial charge >= 0.3 is 5.69 Å². The molecule has 1 atom stereocenters. The molecular weight excluding hydrogens is 326 g/mol. The summed E-state index contributed by atoms with van der Waals surface area (Å²) in [6.45, 7) is 0.256. The van der Waals surface area contributed by atoms with Crippen LogP contribution in [-0.4, -0.2) is 20.1 Å². The molecule has 2 aromatic heterocycles. The van der Waals surface area contributed by atoms with E-state index in [2.05, 4.69) is 0 Å². The van der Waals surface area contributed by atoms with Gasteiger partial charge in [0.25, 0.3) is 0 Å². The average Bonchev–Trinajstić information content (AvgIpc) is 3.18. The van der Waals surface area contributed by atoms with Crippen molar-refractivity contribution in [3.63, 3.8) is 0 Å². The Morgan fingerprint density at radius 3 is 2.58 bits per heavy atom. The SMILES string of the molecule is NC(=O)CC(c1cccs1)n1cc(O)n(Cc2ccccc2)c1=O. The second kappa shape index (κ2) is 6.76. The molecule has 0 bridgehead atoms. The lowest BCUT2D eigenvalue weighted by Crippen LogP contribution is -2.30. The van der Waals surface area contributed by atoms with Crippen molar-refractivity contribution in [3.8, 4) is 5.88 Å². The number of nitrogens with two attached hydrogens (primary N) is 1. The summed E-state index contributed by atoms with van der Waals surface area (Å²) in [5.41, 5.74) is 5.86. The first kappa shape index (κ1) is 16.1. The van der Waals surface area contributed by atoms with Gasteiger partial charge in [0, 0.05) is 4.88 Å². The van der Waals surface area contributed by atoms with Crippen LogP contribution in [0.25, 0.3) is 0 Å². The highest BCUT2D eigenvalue weighted by Crippen LogP contribution is 2.26. The highest BCUT2D eigenvalue weighted by molar-refractivity contribution is 7.10. The van der Waals surface area contributed by atoms with Crippen LogP contribution in [-0.2, 0) is 11.3 Å². The van der Waals surface area contributed by atoms with Gasteiger partial charge in [-0.3, -0.25) is 13.9 Å². The van der Waals surface area contributed by atoms with Crippen molar-refractivity contribution in [2.75, 3.05) is 0 Å². The molecule has 0 aliphatic carbocycles. The Bertz CT molecular complexity index is 882. The van der Waals surface area contributed by atoms with Gasteiger partial charge in [-0.25, -0.2) is 4.79 Å². The van der Waals surface area contributed by atoms with Crippen molar-refractivity contribution in [2.24, 2.45) is 5.73 Å². The quantitative estimate of drug-likeness (QED) is 0.716. The van der Waals surface area contributed by atoms with E-state index >= 15 is 0 Å². The molecule has 1 aromatic carbocycles. The Labute approximate surface area is 142 Å². The van der Waals surface area contributed by atoms with E-state index in [-0.39, 0.29) is 24.5 Å². The molecule has 7 heteroatoms. The summed E-state index contributed by atoms with van der Waals surface area (Å²) < 4.78 is 2.64. The van der Waals surface area contributed by atoms with Crippen molar-refractivity contribution < 1.29 is 9.90 Å². The van der Waals surface area contributed by atoms with E-state index in [4.69, 9.17) is 5.73 Å². The minimum atomic E-state index is -0.516. The summed E-state index contributed by atoms with van der Waals surface area (Å²) in [6, 6.07) is 12.6. The molecule has 2 heterocycles. The number of imidazole rings is 1. The van der Waals surface area contributed by atoms with Crippen LogP contribution in [0.5, 0.6) is 5.88 Å². The molecule has 1 unspecified atom stereocenters. The average molecular weight is 343 g/mol. The van der Waals surface area contributed by atoms with Crippen LogP contribution in [0.1, 0.15) is 22.9 Å². The zero-order valence-corrected chi connectivity index (χ0v) is 13.6. The Hall–Kier alpha value is -2.80. The zero-order chi connectivity index (χ0) is 17.1. The van der Waals surface area contributed by atoms with E-state index in [9.17, 15) is 14.7 Å². The first-order chi connectivity index (χ1) is 11.6. The van der Waals surface area contributed by atoms with Gasteiger partial charge in [0.05, 0.1) is 25.2 Å². The number of carbonyl (C=O) groups excluding carboxylic acids is 1. The van der Waals surface area contributed by atoms with E-state index in [0.29, 0.717) is 0 Å². The number of aromatic hydroxyl groups is 1. The summed E-state index contributed by atoms with van der Waals surface area (Å²) in [5, 5.41) is 12.1. The number of hydrogen-bond acceptors (Lipinski definition) is 4. The lowest BCUT2D eigenvalue weighted by Gasteiger charge is -2.14. The fourth-order valence-electron chi connectivity index (χ4n) is 2.63. The second-order valence-corrected chi connectivity index (χ2v) is 6.43. The van der Waals surface area contributed by atoms with Gasteiger partial charge in [-0.2, -0.15) is 0 Å². The number of primary amides is 1. The molecule has 0 aliphatic rings. The van der Waals surface area contributed by atoms with Crippen LogP contribution >= 0.6 is 11.3 Å². The molecule has 0 aliphatic heterocycles. The first-order valence-electron chi connectivity index (χ1n) is 7.42. The number of thiophene rings is 1. The third kappa shape index (κ3) is 3.26. The monoisotopic (exact) mass is 343 g/mol. The van der Waals surface area contributed by atoms with E-state index in [1.54, 1.807) is 0 Å². The molecule has 0 radical (unpaired) electrons. The Morgan fingerprint density at radius 1 is 1.21 bits per heavy atom.